The molecule has 0 amide bonds. The van der Waals surface area contributed by atoms with Crippen molar-refractivity contribution in [2.45, 2.75) is 19.4 Å². The molecule has 5 heteroatoms. The van der Waals surface area contributed by atoms with Crippen molar-refractivity contribution in [2.75, 3.05) is 11.4 Å². The Morgan fingerprint density at radius 3 is 3.10 bits per heavy atom. The van der Waals surface area contributed by atoms with Crippen molar-refractivity contribution in [1.82, 2.24) is 10.1 Å². The molecule has 2 aromatic heterocycles. The molecule has 0 saturated carbocycles. The van der Waals surface area contributed by atoms with Crippen LogP contribution in [0.3, 0.4) is 0 Å². The van der Waals surface area contributed by atoms with Crippen LogP contribution in [0.2, 0.25) is 0 Å². The Morgan fingerprint density at radius 1 is 1.24 bits per heavy atom. The summed E-state index contributed by atoms with van der Waals surface area (Å²) >= 11 is 1.64. The van der Waals surface area contributed by atoms with E-state index in [0.29, 0.717) is 18.3 Å². The summed E-state index contributed by atoms with van der Waals surface area (Å²) < 4.78 is 5.41. The van der Waals surface area contributed by atoms with Crippen LogP contribution in [0.25, 0.3) is 11.4 Å². The summed E-state index contributed by atoms with van der Waals surface area (Å²) in [6.07, 6.45) is 2.32. The lowest BCUT2D eigenvalue weighted by molar-refractivity contribution is 0.375. The SMILES string of the molecule is c1ccc2c(c1)CCCN2Cc1nc(-c2ccsc2)no1. The van der Waals surface area contributed by atoms with Gasteiger partial charge in [0.15, 0.2) is 0 Å². The third-order valence-corrected chi connectivity index (χ3v) is 4.46. The lowest BCUT2D eigenvalue weighted by atomic mass is 10.0. The van der Waals surface area contributed by atoms with Gasteiger partial charge in [0.2, 0.25) is 11.7 Å². The number of benzene rings is 1. The average Bonchev–Trinajstić information content (AvgIpc) is 3.18. The molecule has 106 valence electrons. The largest absolute Gasteiger partial charge is 0.362 e. The summed E-state index contributed by atoms with van der Waals surface area (Å²) in [5.41, 5.74) is 3.72. The molecule has 0 fully saturated rings. The minimum Gasteiger partial charge on any atom is -0.362 e. The summed E-state index contributed by atoms with van der Waals surface area (Å²) in [6, 6.07) is 10.6. The number of nitrogens with zero attached hydrogens (tertiary/aromatic N) is 3. The first-order valence-electron chi connectivity index (χ1n) is 7.08. The maximum absolute atomic E-state index is 5.41. The number of para-hydroxylation sites is 1. The van der Waals surface area contributed by atoms with Crippen molar-refractivity contribution in [3.05, 3.63) is 52.5 Å². The molecule has 0 unspecified atom stereocenters. The summed E-state index contributed by atoms with van der Waals surface area (Å²) in [5, 5.41) is 8.13. The molecule has 0 spiro atoms. The molecule has 1 aromatic carbocycles. The van der Waals surface area contributed by atoms with Crippen LogP contribution in [-0.2, 0) is 13.0 Å². The highest BCUT2D eigenvalue weighted by Gasteiger charge is 2.19. The third-order valence-electron chi connectivity index (χ3n) is 3.78. The van der Waals surface area contributed by atoms with Crippen molar-refractivity contribution in [2.24, 2.45) is 0 Å². The van der Waals surface area contributed by atoms with E-state index in [-0.39, 0.29) is 0 Å². The lowest BCUT2D eigenvalue weighted by Crippen LogP contribution is -2.28. The van der Waals surface area contributed by atoms with Crippen molar-refractivity contribution in [3.63, 3.8) is 0 Å². The molecule has 0 radical (unpaired) electrons. The lowest BCUT2D eigenvalue weighted by Gasteiger charge is -2.29. The zero-order valence-corrected chi connectivity index (χ0v) is 12.3. The molecule has 0 aliphatic carbocycles. The molecule has 1 aliphatic heterocycles. The summed E-state index contributed by atoms with van der Waals surface area (Å²) in [4.78, 5) is 6.83. The first-order chi connectivity index (χ1) is 10.4. The number of rotatable bonds is 3. The van der Waals surface area contributed by atoms with Gasteiger partial charge in [0.05, 0.1) is 6.54 Å². The van der Waals surface area contributed by atoms with E-state index < -0.39 is 0 Å². The van der Waals surface area contributed by atoms with Gasteiger partial charge in [-0.15, -0.1) is 0 Å². The van der Waals surface area contributed by atoms with Gasteiger partial charge in [0.1, 0.15) is 0 Å². The van der Waals surface area contributed by atoms with Crippen molar-refractivity contribution < 1.29 is 4.52 Å². The van der Waals surface area contributed by atoms with E-state index in [2.05, 4.69) is 39.3 Å². The molecule has 21 heavy (non-hydrogen) atoms. The number of hydrogen-bond donors (Lipinski definition) is 0. The number of aromatic nitrogens is 2. The summed E-state index contributed by atoms with van der Waals surface area (Å²) in [6.45, 7) is 1.71. The fourth-order valence-electron chi connectivity index (χ4n) is 2.77. The number of hydrogen-bond acceptors (Lipinski definition) is 5. The minimum absolute atomic E-state index is 0.674. The topological polar surface area (TPSA) is 42.2 Å². The second-order valence-electron chi connectivity index (χ2n) is 5.18. The van der Waals surface area contributed by atoms with Crippen LogP contribution in [0, 0.1) is 0 Å². The normalized spacial score (nSPS) is 14.2. The molecule has 3 heterocycles. The van der Waals surface area contributed by atoms with E-state index in [9.17, 15) is 0 Å². The highest BCUT2D eigenvalue weighted by Crippen LogP contribution is 2.28. The quantitative estimate of drug-likeness (QED) is 0.738. The van der Waals surface area contributed by atoms with E-state index in [0.717, 1.165) is 18.5 Å². The molecule has 0 N–H and O–H groups in total. The van der Waals surface area contributed by atoms with Gasteiger partial charge in [-0.2, -0.15) is 16.3 Å². The van der Waals surface area contributed by atoms with E-state index in [1.165, 1.54) is 17.7 Å². The standard InChI is InChI=1S/C16H15N3OS/c1-2-6-14-12(4-1)5-3-8-19(14)10-15-17-16(18-20-15)13-7-9-21-11-13/h1-2,4,6-7,9,11H,3,5,8,10H2. The maximum atomic E-state index is 5.41. The van der Waals surface area contributed by atoms with Gasteiger partial charge in [-0.25, -0.2) is 0 Å². The Balaban J connectivity index is 1.57. The Bertz CT molecular complexity index is 736. The number of aryl methyl sites for hydroxylation is 1. The van der Waals surface area contributed by atoms with Crippen LogP contribution in [0.4, 0.5) is 5.69 Å². The molecule has 0 saturated heterocycles. The van der Waals surface area contributed by atoms with Crippen LogP contribution in [-0.4, -0.2) is 16.7 Å². The second kappa shape index (κ2) is 5.33. The predicted molar refractivity (Wildman–Crippen MR) is 83.4 cm³/mol. The monoisotopic (exact) mass is 297 g/mol. The molecule has 4 rings (SSSR count). The molecule has 0 bridgehead atoms. The minimum atomic E-state index is 0.674. The Labute approximate surface area is 127 Å². The average molecular weight is 297 g/mol. The van der Waals surface area contributed by atoms with Gasteiger partial charge in [0.25, 0.3) is 0 Å². The van der Waals surface area contributed by atoms with Crippen LogP contribution < -0.4 is 4.90 Å². The van der Waals surface area contributed by atoms with Gasteiger partial charge < -0.3 is 9.42 Å². The third kappa shape index (κ3) is 2.45. The van der Waals surface area contributed by atoms with Gasteiger partial charge in [-0.05, 0) is 35.9 Å². The summed E-state index contributed by atoms with van der Waals surface area (Å²) in [7, 11) is 0. The zero-order valence-electron chi connectivity index (χ0n) is 11.5. The van der Waals surface area contributed by atoms with E-state index in [1.807, 2.05) is 16.8 Å². The number of thiophene rings is 1. The Hall–Kier alpha value is -2.14. The van der Waals surface area contributed by atoms with Gasteiger partial charge in [0, 0.05) is 23.2 Å². The smallest absolute Gasteiger partial charge is 0.246 e. The van der Waals surface area contributed by atoms with Crippen LogP contribution in [0.1, 0.15) is 17.9 Å². The molecular formula is C16H15N3OS. The Kier molecular flexibility index (Phi) is 3.20. The van der Waals surface area contributed by atoms with Crippen molar-refractivity contribution >= 4 is 17.0 Å². The summed E-state index contributed by atoms with van der Waals surface area (Å²) in [5.74, 6) is 1.35. The molecule has 1 aliphatic rings. The molecule has 3 aromatic rings. The van der Waals surface area contributed by atoms with Gasteiger partial charge in [-0.3, -0.25) is 0 Å². The predicted octanol–water partition coefficient (Wildman–Crippen LogP) is 3.75. The second-order valence-corrected chi connectivity index (χ2v) is 5.96. The van der Waals surface area contributed by atoms with E-state index in [4.69, 9.17) is 4.52 Å². The van der Waals surface area contributed by atoms with Crippen LogP contribution in [0.5, 0.6) is 0 Å². The molecular weight excluding hydrogens is 282 g/mol. The fraction of sp³-hybridized carbons (Fsp3) is 0.250. The number of fused-ring (bicyclic) bond motifs is 1. The van der Waals surface area contributed by atoms with E-state index in [1.54, 1.807) is 11.3 Å². The van der Waals surface area contributed by atoms with Crippen LogP contribution in [0.15, 0.2) is 45.6 Å². The van der Waals surface area contributed by atoms with Gasteiger partial charge >= 0.3 is 0 Å². The van der Waals surface area contributed by atoms with Crippen molar-refractivity contribution in [1.29, 1.82) is 0 Å². The highest BCUT2D eigenvalue weighted by atomic mass is 32.1. The van der Waals surface area contributed by atoms with Crippen LogP contribution >= 0.6 is 11.3 Å². The Morgan fingerprint density at radius 2 is 2.19 bits per heavy atom. The fourth-order valence-corrected chi connectivity index (χ4v) is 3.40. The molecule has 4 nitrogen and oxygen atoms in total. The molecule has 0 atom stereocenters. The highest BCUT2D eigenvalue weighted by molar-refractivity contribution is 7.08. The zero-order chi connectivity index (χ0) is 14.1. The van der Waals surface area contributed by atoms with Gasteiger partial charge in [-0.1, -0.05) is 23.4 Å². The first-order valence-corrected chi connectivity index (χ1v) is 8.02. The first kappa shape index (κ1) is 12.6. The maximum Gasteiger partial charge on any atom is 0.246 e. The van der Waals surface area contributed by atoms with Crippen molar-refractivity contribution in [3.8, 4) is 11.4 Å². The number of anilines is 1. The van der Waals surface area contributed by atoms with E-state index >= 15 is 0 Å².